The number of fused-ring (bicyclic) bond motifs is 1. The third-order valence-corrected chi connectivity index (χ3v) is 5.51. The molecule has 1 atom stereocenters. The van der Waals surface area contributed by atoms with Crippen LogP contribution in [0.3, 0.4) is 0 Å². The maximum absolute atomic E-state index is 12.7. The number of thiophene rings is 1. The van der Waals surface area contributed by atoms with Crippen LogP contribution in [0.1, 0.15) is 28.1 Å². The van der Waals surface area contributed by atoms with Crippen LogP contribution in [0.25, 0.3) is 10.9 Å². The van der Waals surface area contributed by atoms with Gasteiger partial charge in [-0.25, -0.2) is 4.79 Å². The van der Waals surface area contributed by atoms with E-state index in [4.69, 9.17) is 4.74 Å². The van der Waals surface area contributed by atoms with Crippen molar-refractivity contribution in [2.45, 2.75) is 25.5 Å². The zero-order valence-electron chi connectivity index (χ0n) is 14.6. The lowest BCUT2D eigenvalue weighted by atomic mass is 10.1. The molecule has 0 spiro atoms. The average molecular weight is 385 g/mol. The third kappa shape index (κ3) is 3.72. The molecule has 2 aromatic heterocycles. The Morgan fingerprint density at radius 1 is 1.33 bits per heavy atom. The van der Waals surface area contributed by atoms with E-state index >= 15 is 0 Å². The molecular formula is C19H19N3O4S. The van der Waals surface area contributed by atoms with Crippen LogP contribution >= 0.6 is 11.3 Å². The van der Waals surface area contributed by atoms with Gasteiger partial charge in [0.15, 0.2) is 0 Å². The third-order valence-electron chi connectivity index (χ3n) is 4.65. The molecule has 0 bridgehead atoms. The van der Waals surface area contributed by atoms with Crippen molar-refractivity contribution < 1.29 is 9.53 Å². The van der Waals surface area contributed by atoms with Crippen LogP contribution in [-0.4, -0.2) is 34.7 Å². The van der Waals surface area contributed by atoms with Crippen LogP contribution in [0, 0.1) is 0 Å². The van der Waals surface area contributed by atoms with Gasteiger partial charge in [0.1, 0.15) is 0 Å². The highest BCUT2D eigenvalue weighted by Gasteiger charge is 2.17. The summed E-state index contributed by atoms with van der Waals surface area (Å²) in [7, 11) is 0. The van der Waals surface area contributed by atoms with Gasteiger partial charge in [-0.05, 0) is 42.5 Å². The Bertz CT molecular complexity index is 1080. The molecule has 1 amide bonds. The van der Waals surface area contributed by atoms with Crippen LogP contribution in [-0.2, 0) is 11.3 Å². The zero-order valence-corrected chi connectivity index (χ0v) is 15.4. The molecule has 7 nitrogen and oxygen atoms in total. The Morgan fingerprint density at radius 3 is 2.96 bits per heavy atom. The molecule has 0 radical (unpaired) electrons. The first kappa shape index (κ1) is 17.7. The molecule has 1 aliphatic heterocycles. The van der Waals surface area contributed by atoms with Gasteiger partial charge in [0.05, 0.1) is 23.6 Å². The standard InChI is InChI=1S/C19H19N3O4S/c23-17(20-10-13-3-1-7-26-13)12-5-6-15-16(9-12)21-19(25)22(18(15)24)11-14-4-2-8-27-14/h2,4-6,8-9,13H,1,3,7,10-11H2,(H,20,23)(H,21,25)/t13-/m0/s1. The second kappa shape index (κ2) is 7.50. The average Bonchev–Trinajstić information content (AvgIpc) is 3.36. The molecular weight excluding hydrogens is 366 g/mol. The summed E-state index contributed by atoms with van der Waals surface area (Å²) in [5.74, 6) is -0.254. The first-order valence-corrected chi connectivity index (χ1v) is 9.69. The first-order valence-electron chi connectivity index (χ1n) is 8.81. The van der Waals surface area contributed by atoms with Gasteiger partial charge in [0, 0.05) is 23.6 Å². The molecule has 2 N–H and O–H groups in total. The summed E-state index contributed by atoms with van der Waals surface area (Å²) in [5, 5.41) is 5.11. The predicted molar refractivity (Wildman–Crippen MR) is 104 cm³/mol. The molecule has 4 rings (SSSR count). The number of hydrogen-bond donors (Lipinski definition) is 2. The number of aromatic amines is 1. The Kier molecular flexibility index (Phi) is 4.91. The fourth-order valence-electron chi connectivity index (χ4n) is 3.21. The fraction of sp³-hybridized carbons (Fsp3) is 0.316. The molecule has 0 saturated carbocycles. The van der Waals surface area contributed by atoms with Gasteiger partial charge in [0.2, 0.25) is 0 Å². The number of aromatic nitrogens is 2. The second-order valence-electron chi connectivity index (χ2n) is 6.51. The largest absolute Gasteiger partial charge is 0.376 e. The smallest absolute Gasteiger partial charge is 0.329 e. The predicted octanol–water partition coefficient (Wildman–Crippen LogP) is 1.71. The first-order chi connectivity index (χ1) is 13.1. The van der Waals surface area contributed by atoms with E-state index in [-0.39, 0.29) is 24.1 Å². The van der Waals surface area contributed by atoms with E-state index in [1.807, 2.05) is 17.5 Å². The van der Waals surface area contributed by atoms with E-state index in [2.05, 4.69) is 10.3 Å². The van der Waals surface area contributed by atoms with Crippen LogP contribution in [0.4, 0.5) is 0 Å². The van der Waals surface area contributed by atoms with E-state index < -0.39 is 5.69 Å². The van der Waals surface area contributed by atoms with Crippen LogP contribution in [0.2, 0.25) is 0 Å². The van der Waals surface area contributed by atoms with Crippen LogP contribution in [0.5, 0.6) is 0 Å². The fourth-order valence-corrected chi connectivity index (χ4v) is 3.90. The topological polar surface area (TPSA) is 93.2 Å². The number of ether oxygens (including phenoxy) is 1. The van der Waals surface area contributed by atoms with Crippen molar-refractivity contribution >= 4 is 28.1 Å². The van der Waals surface area contributed by atoms with Crippen LogP contribution < -0.4 is 16.6 Å². The number of carbonyl (C=O) groups excluding carboxylic acids is 1. The van der Waals surface area contributed by atoms with E-state index in [9.17, 15) is 14.4 Å². The van der Waals surface area contributed by atoms with Gasteiger partial charge >= 0.3 is 5.69 Å². The monoisotopic (exact) mass is 385 g/mol. The van der Waals surface area contributed by atoms with Gasteiger partial charge in [-0.15, -0.1) is 11.3 Å². The molecule has 1 aromatic carbocycles. The Morgan fingerprint density at radius 2 is 2.22 bits per heavy atom. The highest BCUT2D eigenvalue weighted by Crippen LogP contribution is 2.13. The minimum Gasteiger partial charge on any atom is -0.376 e. The summed E-state index contributed by atoms with van der Waals surface area (Å²) in [6, 6.07) is 8.48. The Balaban J connectivity index is 1.60. The highest BCUT2D eigenvalue weighted by atomic mass is 32.1. The number of amides is 1. The summed E-state index contributed by atoms with van der Waals surface area (Å²) >= 11 is 1.49. The summed E-state index contributed by atoms with van der Waals surface area (Å²) in [4.78, 5) is 41.0. The maximum atomic E-state index is 12.7. The number of carbonyl (C=O) groups is 1. The highest BCUT2D eigenvalue weighted by molar-refractivity contribution is 7.09. The minimum absolute atomic E-state index is 0.0543. The molecule has 3 aromatic rings. The van der Waals surface area contributed by atoms with Gasteiger partial charge in [0.25, 0.3) is 11.5 Å². The maximum Gasteiger partial charge on any atom is 0.329 e. The van der Waals surface area contributed by atoms with Gasteiger partial charge in [-0.2, -0.15) is 0 Å². The van der Waals surface area contributed by atoms with Crippen molar-refractivity contribution in [2.75, 3.05) is 13.2 Å². The number of nitrogens with zero attached hydrogens (tertiary/aromatic N) is 1. The normalized spacial score (nSPS) is 16.7. The van der Waals surface area contributed by atoms with Gasteiger partial charge in [-0.1, -0.05) is 6.07 Å². The van der Waals surface area contributed by atoms with E-state index in [0.717, 1.165) is 24.3 Å². The number of benzene rings is 1. The summed E-state index contributed by atoms with van der Waals surface area (Å²) < 4.78 is 6.66. The molecule has 1 saturated heterocycles. The Hall–Kier alpha value is -2.71. The lowest BCUT2D eigenvalue weighted by molar-refractivity contribution is 0.0858. The summed E-state index contributed by atoms with van der Waals surface area (Å²) in [5.41, 5.74) is -0.102. The number of H-pyrrole nitrogens is 1. The molecule has 3 heterocycles. The molecule has 0 unspecified atom stereocenters. The number of nitrogens with one attached hydrogen (secondary N) is 2. The quantitative estimate of drug-likeness (QED) is 0.699. The number of hydrogen-bond acceptors (Lipinski definition) is 5. The van der Waals surface area contributed by atoms with Crippen LogP contribution in [0.15, 0.2) is 45.3 Å². The molecule has 1 aliphatic rings. The minimum atomic E-state index is -0.488. The van der Waals surface area contributed by atoms with E-state index in [1.165, 1.54) is 15.9 Å². The van der Waals surface area contributed by atoms with E-state index in [1.54, 1.807) is 18.2 Å². The van der Waals surface area contributed by atoms with Crippen molar-refractivity contribution in [1.29, 1.82) is 0 Å². The number of rotatable bonds is 5. The zero-order chi connectivity index (χ0) is 18.8. The van der Waals surface area contributed by atoms with E-state index in [0.29, 0.717) is 23.0 Å². The molecule has 140 valence electrons. The van der Waals surface area contributed by atoms with Gasteiger partial charge < -0.3 is 15.0 Å². The van der Waals surface area contributed by atoms with Crippen molar-refractivity contribution in [3.05, 3.63) is 67.0 Å². The lowest BCUT2D eigenvalue weighted by Gasteiger charge is -2.11. The SMILES string of the molecule is O=C(NC[C@@H]1CCCO1)c1ccc2c(=O)n(Cc3cccs3)c(=O)[nH]c2c1. The molecule has 0 aliphatic carbocycles. The molecule has 27 heavy (non-hydrogen) atoms. The summed E-state index contributed by atoms with van der Waals surface area (Å²) in [6.07, 6.45) is 2.00. The molecule has 8 heteroatoms. The summed E-state index contributed by atoms with van der Waals surface area (Å²) in [6.45, 7) is 1.41. The lowest BCUT2D eigenvalue weighted by Crippen LogP contribution is -2.35. The van der Waals surface area contributed by atoms with Crippen molar-refractivity contribution in [1.82, 2.24) is 14.9 Å². The van der Waals surface area contributed by atoms with Crippen molar-refractivity contribution in [3.63, 3.8) is 0 Å². The second-order valence-corrected chi connectivity index (χ2v) is 7.54. The van der Waals surface area contributed by atoms with Crippen molar-refractivity contribution in [3.8, 4) is 0 Å². The van der Waals surface area contributed by atoms with Crippen molar-refractivity contribution in [2.24, 2.45) is 0 Å². The molecule has 1 fully saturated rings. The Labute approximate surface area is 158 Å². The van der Waals surface area contributed by atoms with Gasteiger partial charge in [-0.3, -0.25) is 14.2 Å².